The number of aryl methyl sites for hydroxylation is 2. The Hall–Kier alpha value is -3.12. The quantitative estimate of drug-likeness (QED) is 0.216. The van der Waals surface area contributed by atoms with Crippen molar-refractivity contribution in [3.8, 4) is 0 Å². The van der Waals surface area contributed by atoms with Gasteiger partial charge in [0.2, 0.25) is 0 Å². The van der Waals surface area contributed by atoms with Crippen LogP contribution in [-0.2, 0) is 10.8 Å². The van der Waals surface area contributed by atoms with Gasteiger partial charge in [0, 0.05) is 0 Å². The van der Waals surface area contributed by atoms with E-state index in [0.29, 0.717) is 0 Å². The van der Waals surface area contributed by atoms with Crippen LogP contribution in [0.15, 0.2) is 97.1 Å². The van der Waals surface area contributed by atoms with Crippen LogP contribution in [0.4, 0.5) is 0 Å². The van der Waals surface area contributed by atoms with Gasteiger partial charge >= 0.3 is 242 Å². The Balaban J connectivity index is 1.34. The molecule has 4 aromatic rings. The van der Waals surface area contributed by atoms with E-state index < -0.39 is 0 Å². The monoisotopic (exact) mass is 574 g/mol. The molecule has 1 heteroatoms. The van der Waals surface area contributed by atoms with Gasteiger partial charge in [-0.05, 0) is 0 Å². The van der Waals surface area contributed by atoms with Crippen LogP contribution in [0.3, 0.4) is 0 Å². The fourth-order valence-electron chi connectivity index (χ4n) is 6.07. The Kier molecular flexibility index (Phi) is 6.57. The summed E-state index contributed by atoms with van der Waals surface area (Å²) in [5.74, 6) is 0. The summed E-state index contributed by atoms with van der Waals surface area (Å²) in [4.78, 5) is 0. The summed E-state index contributed by atoms with van der Waals surface area (Å²) < 4.78 is 2.92. The molecule has 0 bridgehead atoms. The van der Waals surface area contributed by atoms with Crippen LogP contribution in [-0.4, -0.2) is 15.0 Å². The van der Waals surface area contributed by atoms with Crippen molar-refractivity contribution in [2.45, 2.75) is 65.2 Å². The van der Waals surface area contributed by atoms with Gasteiger partial charge in [-0.1, -0.05) is 0 Å². The second kappa shape index (κ2) is 9.81. The molecule has 0 unspecified atom stereocenters. The van der Waals surface area contributed by atoms with Gasteiger partial charge in [0.1, 0.15) is 0 Å². The molecule has 39 heavy (non-hydrogen) atoms. The molecule has 0 amide bonds. The predicted molar refractivity (Wildman–Crippen MR) is 170 cm³/mol. The molecule has 0 aliphatic heterocycles. The Morgan fingerprint density at radius 1 is 0.513 bits per heavy atom. The minimum absolute atomic E-state index is 0.140. The van der Waals surface area contributed by atoms with E-state index in [1.165, 1.54) is 64.6 Å². The van der Waals surface area contributed by atoms with Crippen molar-refractivity contribution in [1.82, 2.24) is 0 Å². The first-order chi connectivity index (χ1) is 18.6. The van der Waals surface area contributed by atoms with E-state index >= 15 is 0 Å². The van der Waals surface area contributed by atoms with Crippen LogP contribution in [0, 0.1) is 13.8 Å². The molecule has 0 fully saturated rings. The minimum atomic E-state index is 0.140. The summed E-state index contributed by atoms with van der Waals surface area (Å²) >= 11 is 0.257. The first kappa shape index (κ1) is 26.1. The molecule has 0 saturated carbocycles. The SMILES string of the molecule is Cc1ccc(C2=CCC(C)(C)c3cc([Se]c4ccc5c(c4)C(C)(C)CC=C5c4ccc(C)cc4)ccc32)cc1. The van der Waals surface area contributed by atoms with E-state index in [1.807, 2.05) is 0 Å². The Morgan fingerprint density at radius 2 is 0.897 bits per heavy atom. The number of rotatable bonds is 4. The fourth-order valence-corrected chi connectivity index (χ4v) is 7.95. The van der Waals surface area contributed by atoms with Gasteiger partial charge in [-0.3, -0.25) is 0 Å². The summed E-state index contributed by atoms with van der Waals surface area (Å²) in [6, 6.07) is 32.6. The van der Waals surface area contributed by atoms with Crippen LogP contribution in [0.1, 0.15) is 85.0 Å². The average Bonchev–Trinajstić information content (AvgIpc) is 2.91. The van der Waals surface area contributed by atoms with Gasteiger partial charge in [-0.25, -0.2) is 0 Å². The molecule has 0 saturated heterocycles. The zero-order valence-electron chi connectivity index (χ0n) is 24.1. The van der Waals surface area contributed by atoms with E-state index in [9.17, 15) is 0 Å². The molecule has 2 aliphatic carbocycles. The molecule has 0 N–H and O–H groups in total. The van der Waals surface area contributed by atoms with Crippen molar-refractivity contribution in [3.05, 3.63) is 142 Å². The van der Waals surface area contributed by atoms with E-state index in [4.69, 9.17) is 0 Å². The Morgan fingerprint density at radius 3 is 1.28 bits per heavy atom. The number of hydrogen-bond acceptors (Lipinski definition) is 0. The van der Waals surface area contributed by atoms with E-state index in [0.717, 1.165) is 12.8 Å². The van der Waals surface area contributed by atoms with Gasteiger partial charge in [-0.2, -0.15) is 0 Å². The van der Waals surface area contributed by atoms with Crippen molar-refractivity contribution >= 4 is 35.0 Å². The van der Waals surface area contributed by atoms with E-state index in [-0.39, 0.29) is 25.8 Å². The van der Waals surface area contributed by atoms with Crippen molar-refractivity contribution in [2.75, 3.05) is 0 Å². The van der Waals surface area contributed by atoms with E-state index in [1.54, 1.807) is 0 Å². The summed E-state index contributed by atoms with van der Waals surface area (Å²) in [5, 5.41) is 0. The Labute approximate surface area is 241 Å². The molecule has 0 nitrogen and oxygen atoms in total. The van der Waals surface area contributed by atoms with Crippen LogP contribution in [0.2, 0.25) is 0 Å². The molecule has 0 aromatic heterocycles. The average molecular weight is 574 g/mol. The third-order valence-corrected chi connectivity index (χ3v) is 10.7. The maximum absolute atomic E-state index is 2.51. The van der Waals surface area contributed by atoms with Crippen molar-refractivity contribution in [2.24, 2.45) is 0 Å². The number of allylic oxidation sites excluding steroid dienone is 2. The summed E-state index contributed by atoms with van der Waals surface area (Å²) in [5.41, 5.74) is 14.1. The number of hydrogen-bond donors (Lipinski definition) is 0. The molecule has 0 spiro atoms. The van der Waals surface area contributed by atoms with E-state index in [2.05, 4.69) is 139 Å². The maximum atomic E-state index is 2.51. The first-order valence-electron chi connectivity index (χ1n) is 14.1. The van der Waals surface area contributed by atoms with Crippen LogP contribution < -0.4 is 8.92 Å². The molecule has 0 radical (unpaired) electrons. The van der Waals surface area contributed by atoms with Gasteiger partial charge in [0.15, 0.2) is 0 Å². The standard InChI is InChI=1S/C38H38Se/c1-25-7-11-27(12-8-25)31-19-21-37(3,4)35-23-29(15-17-33(31)35)39-30-16-18-34-32(28-13-9-26(2)10-14-28)20-22-38(5,6)36(34)24-30/h7-20,23-24H,21-22H2,1-6H3. The molecule has 0 heterocycles. The van der Waals surface area contributed by atoms with Gasteiger partial charge < -0.3 is 0 Å². The normalized spacial score (nSPS) is 17.1. The van der Waals surface area contributed by atoms with Gasteiger partial charge in [-0.15, -0.1) is 0 Å². The summed E-state index contributed by atoms with van der Waals surface area (Å²) in [6.07, 6.45) is 7.03. The van der Waals surface area contributed by atoms with Crippen LogP contribution in [0.5, 0.6) is 0 Å². The second-order valence-electron chi connectivity index (χ2n) is 12.7. The molecule has 0 atom stereocenters. The Bertz CT molecular complexity index is 1490. The molecule has 2 aliphatic rings. The molecule has 196 valence electrons. The predicted octanol–water partition coefficient (Wildman–Crippen LogP) is 8.18. The van der Waals surface area contributed by atoms with Crippen LogP contribution >= 0.6 is 0 Å². The third kappa shape index (κ3) is 5.00. The molecular weight excluding hydrogens is 535 g/mol. The topological polar surface area (TPSA) is 0 Å². The molecular formula is C38H38Se. The summed E-state index contributed by atoms with van der Waals surface area (Å²) in [7, 11) is 0. The van der Waals surface area contributed by atoms with Crippen molar-refractivity contribution in [1.29, 1.82) is 0 Å². The van der Waals surface area contributed by atoms with Crippen LogP contribution in [0.25, 0.3) is 11.1 Å². The zero-order chi connectivity index (χ0) is 27.4. The van der Waals surface area contributed by atoms with Crippen molar-refractivity contribution in [3.63, 3.8) is 0 Å². The number of benzene rings is 4. The van der Waals surface area contributed by atoms with Gasteiger partial charge in [0.25, 0.3) is 0 Å². The molecule has 4 aromatic carbocycles. The third-order valence-electron chi connectivity index (χ3n) is 8.61. The second-order valence-corrected chi connectivity index (χ2v) is 15.1. The van der Waals surface area contributed by atoms with Crippen molar-refractivity contribution < 1.29 is 0 Å². The fraction of sp³-hybridized carbons (Fsp3) is 0.263. The number of fused-ring (bicyclic) bond motifs is 2. The summed E-state index contributed by atoms with van der Waals surface area (Å²) in [6.45, 7) is 13.9. The zero-order valence-corrected chi connectivity index (χ0v) is 25.8. The first-order valence-corrected chi connectivity index (χ1v) is 15.8. The molecule has 6 rings (SSSR count). The van der Waals surface area contributed by atoms with Gasteiger partial charge in [0.05, 0.1) is 0 Å².